The zero-order valence-electron chi connectivity index (χ0n) is 8.61. The van der Waals surface area contributed by atoms with Crippen LogP contribution in [0.4, 0.5) is 0 Å². The minimum absolute atomic E-state index is 0.306. The summed E-state index contributed by atoms with van der Waals surface area (Å²) >= 11 is 0. The van der Waals surface area contributed by atoms with E-state index in [4.69, 9.17) is 10.5 Å². The fraction of sp³-hybridized carbons (Fsp3) is 1.00. The molecule has 84 valence electrons. The molecule has 14 heavy (non-hydrogen) atoms. The predicted octanol–water partition coefficient (Wildman–Crippen LogP) is -1.77. The first kappa shape index (κ1) is 11.9. The molecule has 1 aliphatic heterocycles. The minimum Gasteiger partial charge on any atom is -0.390 e. The van der Waals surface area contributed by atoms with E-state index in [1.165, 1.54) is 0 Å². The number of hydrogen-bond donors (Lipinski definition) is 3. The molecule has 1 atom stereocenters. The van der Waals surface area contributed by atoms with Crippen molar-refractivity contribution in [2.75, 3.05) is 52.5 Å². The van der Waals surface area contributed by atoms with Crippen molar-refractivity contribution in [1.29, 1.82) is 0 Å². The normalized spacial score (nSPS) is 21.0. The lowest BCUT2D eigenvalue weighted by Crippen LogP contribution is -2.44. The molecule has 0 saturated carbocycles. The Morgan fingerprint density at radius 3 is 2.79 bits per heavy atom. The SMILES string of the molecule is NCCNCC(O)CN1CCOCC1. The highest BCUT2D eigenvalue weighted by Crippen LogP contribution is 1.97. The van der Waals surface area contributed by atoms with Crippen LogP contribution in [0.1, 0.15) is 0 Å². The van der Waals surface area contributed by atoms with Crippen molar-refractivity contribution in [3.63, 3.8) is 0 Å². The van der Waals surface area contributed by atoms with E-state index in [1.54, 1.807) is 0 Å². The van der Waals surface area contributed by atoms with Crippen LogP contribution < -0.4 is 11.1 Å². The van der Waals surface area contributed by atoms with Gasteiger partial charge in [-0.05, 0) is 0 Å². The average Bonchev–Trinajstić information content (AvgIpc) is 2.20. The van der Waals surface area contributed by atoms with Crippen LogP contribution in [-0.2, 0) is 4.74 Å². The molecular weight excluding hydrogens is 182 g/mol. The molecule has 0 amide bonds. The molecule has 0 bridgehead atoms. The molecule has 0 spiro atoms. The molecule has 1 saturated heterocycles. The fourth-order valence-corrected chi connectivity index (χ4v) is 1.52. The maximum atomic E-state index is 9.64. The largest absolute Gasteiger partial charge is 0.390 e. The molecule has 0 aliphatic carbocycles. The summed E-state index contributed by atoms with van der Waals surface area (Å²) in [6.07, 6.45) is -0.306. The third-order valence-electron chi connectivity index (χ3n) is 2.27. The van der Waals surface area contributed by atoms with Gasteiger partial charge in [-0.2, -0.15) is 0 Å². The number of aliphatic hydroxyl groups excluding tert-OH is 1. The lowest BCUT2D eigenvalue weighted by molar-refractivity contribution is 0.0150. The molecule has 1 aliphatic rings. The molecule has 4 N–H and O–H groups in total. The second kappa shape index (κ2) is 7.14. The highest BCUT2D eigenvalue weighted by molar-refractivity contribution is 4.69. The highest BCUT2D eigenvalue weighted by Gasteiger charge is 2.13. The Hall–Kier alpha value is -0.200. The summed E-state index contributed by atoms with van der Waals surface area (Å²) in [5.74, 6) is 0. The molecule has 1 heterocycles. The van der Waals surface area contributed by atoms with Gasteiger partial charge in [0, 0.05) is 39.3 Å². The summed E-state index contributed by atoms with van der Waals surface area (Å²) in [6, 6.07) is 0. The number of nitrogens with one attached hydrogen (secondary N) is 1. The van der Waals surface area contributed by atoms with E-state index in [0.717, 1.165) is 39.4 Å². The summed E-state index contributed by atoms with van der Waals surface area (Å²) in [4.78, 5) is 2.22. The van der Waals surface area contributed by atoms with Crippen molar-refractivity contribution in [3.8, 4) is 0 Å². The summed E-state index contributed by atoms with van der Waals surface area (Å²) in [5, 5.41) is 12.7. The van der Waals surface area contributed by atoms with Gasteiger partial charge in [-0.3, -0.25) is 4.90 Å². The predicted molar refractivity (Wildman–Crippen MR) is 55.2 cm³/mol. The number of morpholine rings is 1. The first-order valence-corrected chi connectivity index (χ1v) is 5.22. The standard InChI is InChI=1S/C9H21N3O2/c10-1-2-11-7-9(13)8-12-3-5-14-6-4-12/h9,11,13H,1-8,10H2. The number of aliphatic hydroxyl groups is 1. The van der Waals surface area contributed by atoms with Gasteiger partial charge in [0.2, 0.25) is 0 Å². The zero-order valence-corrected chi connectivity index (χ0v) is 8.61. The van der Waals surface area contributed by atoms with E-state index in [-0.39, 0.29) is 6.10 Å². The Morgan fingerprint density at radius 2 is 2.14 bits per heavy atom. The summed E-state index contributed by atoms with van der Waals surface area (Å²) in [5.41, 5.74) is 5.33. The Morgan fingerprint density at radius 1 is 1.43 bits per heavy atom. The number of β-amino-alcohol motifs (C(OH)–C–C–N with tert-alkyl or cyclic N) is 1. The maximum Gasteiger partial charge on any atom is 0.0791 e. The molecule has 0 radical (unpaired) electrons. The van der Waals surface area contributed by atoms with E-state index in [0.29, 0.717) is 13.1 Å². The van der Waals surface area contributed by atoms with Crippen molar-refractivity contribution >= 4 is 0 Å². The lowest BCUT2D eigenvalue weighted by Gasteiger charge is -2.28. The zero-order chi connectivity index (χ0) is 10.2. The third-order valence-corrected chi connectivity index (χ3v) is 2.27. The van der Waals surface area contributed by atoms with Gasteiger partial charge in [0.05, 0.1) is 19.3 Å². The van der Waals surface area contributed by atoms with E-state index < -0.39 is 0 Å². The van der Waals surface area contributed by atoms with Crippen molar-refractivity contribution in [2.45, 2.75) is 6.10 Å². The van der Waals surface area contributed by atoms with Crippen LogP contribution in [-0.4, -0.2) is 68.6 Å². The molecule has 0 aromatic heterocycles. The minimum atomic E-state index is -0.306. The topological polar surface area (TPSA) is 70.8 Å². The Labute approximate surface area is 85.2 Å². The molecule has 1 unspecified atom stereocenters. The van der Waals surface area contributed by atoms with Crippen LogP contribution >= 0.6 is 0 Å². The van der Waals surface area contributed by atoms with Gasteiger partial charge < -0.3 is 20.9 Å². The fourth-order valence-electron chi connectivity index (χ4n) is 1.52. The number of hydrogen-bond acceptors (Lipinski definition) is 5. The Bertz CT molecular complexity index is 140. The Kier molecular flexibility index (Phi) is 6.05. The molecule has 5 nitrogen and oxygen atoms in total. The smallest absolute Gasteiger partial charge is 0.0791 e. The van der Waals surface area contributed by atoms with Gasteiger partial charge in [-0.1, -0.05) is 0 Å². The average molecular weight is 203 g/mol. The van der Waals surface area contributed by atoms with Crippen LogP contribution in [0, 0.1) is 0 Å². The van der Waals surface area contributed by atoms with Crippen molar-refractivity contribution in [1.82, 2.24) is 10.2 Å². The van der Waals surface area contributed by atoms with E-state index in [2.05, 4.69) is 10.2 Å². The van der Waals surface area contributed by atoms with E-state index in [1.807, 2.05) is 0 Å². The number of nitrogens with two attached hydrogens (primary N) is 1. The van der Waals surface area contributed by atoms with Gasteiger partial charge in [0.15, 0.2) is 0 Å². The quantitative estimate of drug-likeness (QED) is 0.446. The van der Waals surface area contributed by atoms with Gasteiger partial charge in [0.1, 0.15) is 0 Å². The maximum absolute atomic E-state index is 9.64. The van der Waals surface area contributed by atoms with Crippen molar-refractivity contribution < 1.29 is 9.84 Å². The van der Waals surface area contributed by atoms with Crippen molar-refractivity contribution in [2.24, 2.45) is 5.73 Å². The second-order valence-corrected chi connectivity index (χ2v) is 3.56. The molecule has 5 heteroatoms. The number of rotatable bonds is 6. The third kappa shape index (κ3) is 4.88. The summed E-state index contributed by atoms with van der Waals surface area (Å²) < 4.78 is 5.22. The highest BCUT2D eigenvalue weighted by atomic mass is 16.5. The first-order valence-electron chi connectivity index (χ1n) is 5.22. The van der Waals surface area contributed by atoms with Gasteiger partial charge in [-0.15, -0.1) is 0 Å². The summed E-state index contributed by atoms with van der Waals surface area (Å²) in [6.45, 7) is 6.13. The number of nitrogens with zero attached hydrogens (tertiary/aromatic N) is 1. The molecule has 1 fully saturated rings. The first-order chi connectivity index (χ1) is 6.83. The van der Waals surface area contributed by atoms with Gasteiger partial charge in [0.25, 0.3) is 0 Å². The molecule has 1 rings (SSSR count). The molecule has 0 aromatic carbocycles. The van der Waals surface area contributed by atoms with Crippen LogP contribution in [0.15, 0.2) is 0 Å². The lowest BCUT2D eigenvalue weighted by atomic mass is 10.3. The van der Waals surface area contributed by atoms with Crippen LogP contribution in [0.2, 0.25) is 0 Å². The van der Waals surface area contributed by atoms with Crippen molar-refractivity contribution in [3.05, 3.63) is 0 Å². The molecular formula is C9H21N3O2. The Balaban J connectivity index is 2.03. The van der Waals surface area contributed by atoms with Gasteiger partial charge >= 0.3 is 0 Å². The monoisotopic (exact) mass is 203 g/mol. The van der Waals surface area contributed by atoms with Crippen LogP contribution in [0.3, 0.4) is 0 Å². The number of ether oxygens (including phenoxy) is 1. The van der Waals surface area contributed by atoms with E-state index >= 15 is 0 Å². The summed E-state index contributed by atoms with van der Waals surface area (Å²) in [7, 11) is 0. The van der Waals surface area contributed by atoms with Gasteiger partial charge in [-0.25, -0.2) is 0 Å². The van der Waals surface area contributed by atoms with Crippen LogP contribution in [0.25, 0.3) is 0 Å². The molecule has 0 aromatic rings. The van der Waals surface area contributed by atoms with E-state index in [9.17, 15) is 5.11 Å². The second-order valence-electron chi connectivity index (χ2n) is 3.56. The van der Waals surface area contributed by atoms with Crippen LogP contribution in [0.5, 0.6) is 0 Å².